The van der Waals surface area contributed by atoms with Crippen molar-refractivity contribution in [2.24, 2.45) is 5.92 Å². The van der Waals surface area contributed by atoms with Gasteiger partial charge in [0.15, 0.2) is 0 Å². The van der Waals surface area contributed by atoms with E-state index >= 15 is 0 Å². The van der Waals surface area contributed by atoms with Gasteiger partial charge in [-0.25, -0.2) is 0 Å². The Morgan fingerprint density at radius 1 is 0.353 bits per heavy atom. The van der Waals surface area contributed by atoms with Gasteiger partial charge in [-0.05, 0) is 164 Å². The molecular formula is C66H50N2. The molecule has 1 aliphatic rings. The van der Waals surface area contributed by atoms with E-state index in [4.69, 9.17) is 0 Å². The van der Waals surface area contributed by atoms with E-state index in [0.29, 0.717) is 5.92 Å². The third kappa shape index (κ3) is 6.17. The Morgan fingerprint density at radius 3 is 1.15 bits per heavy atom. The highest BCUT2D eigenvalue weighted by Crippen LogP contribution is 2.57. The largest absolute Gasteiger partial charge is 0.310 e. The van der Waals surface area contributed by atoms with Crippen LogP contribution in [-0.4, -0.2) is 0 Å². The standard InChI is InChI=1S/C66H50N2/c1-41-21-29-47(30-22-41)67(48-31-23-42(2)24-32-48)57-39-37-55-61-51(57)17-11-19-53(61)63-59(45-13-7-5-8-14-45)64-54-20-12-18-52-58(68(49-33-25-43(3)26-34-49)50-35-27-44(4)28-36-50)40-38-56(62(52)54)66(64)60(65(55)63)46-15-9-6-10-16-46/h5-27,29-40,44H,28H2,1-4H3. The molecule has 0 saturated heterocycles. The molecule has 324 valence electrons. The van der Waals surface area contributed by atoms with Gasteiger partial charge < -0.3 is 9.80 Å². The number of nitrogens with zero attached hydrogens (tertiary/aromatic N) is 2. The van der Waals surface area contributed by atoms with E-state index in [-0.39, 0.29) is 0 Å². The summed E-state index contributed by atoms with van der Waals surface area (Å²) in [5, 5.41) is 15.5. The van der Waals surface area contributed by atoms with E-state index in [1.54, 1.807) is 0 Å². The normalized spacial score (nSPS) is 14.0. The van der Waals surface area contributed by atoms with E-state index < -0.39 is 0 Å². The minimum absolute atomic E-state index is 0.513. The van der Waals surface area contributed by atoms with Crippen LogP contribution in [-0.2, 0) is 0 Å². The molecule has 1 unspecified atom stereocenters. The maximum atomic E-state index is 2.48. The van der Waals surface area contributed by atoms with Gasteiger partial charge in [0, 0.05) is 33.5 Å². The molecule has 1 aliphatic carbocycles. The Labute approximate surface area is 398 Å². The van der Waals surface area contributed by atoms with Crippen LogP contribution in [0.3, 0.4) is 0 Å². The molecule has 0 radical (unpaired) electrons. The van der Waals surface area contributed by atoms with Crippen LogP contribution in [0.15, 0.2) is 218 Å². The van der Waals surface area contributed by atoms with Gasteiger partial charge in [0.2, 0.25) is 0 Å². The molecule has 0 spiro atoms. The van der Waals surface area contributed by atoms with Crippen LogP contribution in [0.1, 0.15) is 30.0 Å². The summed E-state index contributed by atoms with van der Waals surface area (Å²) in [5.74, 6) is 0.513. The molecule has 0 amide bonds. The topological polar surface area (TPSA) is 6.48 Å². The molecular weight excluding hydrogens is 821 g/mol. The zero-order valence-corrected chi connectivity index (χ0v) is 38.9. The molecule has 0 N–H and O–H groups in total. The fourth-order valence-electron chi connectivity index (χ4n) is 11.4. The molecule has 0 saturated carbocycles. The molecule has 2 nitrogen and oxygen atoms in total. The predicted octanol–water partition coefficient (Wildman–Crippen LogP) is 18.8. The van der Waals surface area contributed by atoms with Crippen molar-refractivity contribution in [3.8, 4) is 22.3 Å². The predicted molar refractivity (Wildman–Crippen MR) is 293 cm³/mol. The smallest absolute Gasteiger partial charge is 0.0540 e. The molecule has 1 atom stereocenters. The van der Waals surface area contributed by atoms with Crippen molar-refractivity contribution in [2.75, 3.05) is 9.80 Å². The Kier molecular flexibility index (Phi) is 9.27. The van der Waals surface area contributed by atoms with Gasteiger partial charge in [-0.15, -0.1) is 0 Å². The van der Waals surface area contributed by atoms with Crippen LogP contribution in [0.4, 0.5) is 28.4 Å². The lowest BCUT2D eigenvalue weighted by molar-refractivity contribution is 0.728. The number of hydrogen-bond acceptors (Lipinski definition) is 2. The molecule has 68 heavy (non-hydrogen) atoms. The highest BCUT2D eigenvalue weighted by atomic mass is 15.2. The van der Waals surface area contributed by atoms with Crippen molar-refractivity contribution in [1.29, 1.82) is 0 Å². The van der Waals surface area contributed by atoms with Crippen molar-refractivity contribution >= 4 is 93.1 Å². The summed E-state index contributed by atoms with van der Waals surface area (Å²) in [6.45, 7) is 8.78. The van der Waals surface area contributed by atoms with Gasteiger partial charge in [0.1, 0.15) is 0 Å². The number of hydrogen-bond donors (Lipinski definition) is 0. The molecule has 12 aromatic rings. The lowest BCUT2D eigenvalue weighted by atomic mass is 9.87. The lowest BCUT2D eigenvalue weighted by Crippen LogP contribution is -2.17. The molecule has 13 rings (SSSR count). The van der Waals surface area contributed by atoms with Crippen LogP contribution >= 0.6 is 0 Å². The van der Waals surface area contributed by atoms with Crippen molar-refractivity contribution in [1.82, 2.24) is 0 Å². The number of anilines is 5. The minimum atomic E-state index is 0.513. The first-order valence-electron chi connectivity index (χ1n) is 24.1. The summed E-state index contributed by atoms with van der Waals surface area (Å²) in [7, 11) is 0. The molecule has 0 aromatic heterocycles. The van der Waals surface area contributed by atoms with Crippen LogP contribution in [0.5, 0.6) is 0 Å². The van der Waals surface area contributed by atoms with Gasteiger partial charge in [0.05, 0.1) is 11.4 Å². The Balaban J connectivity index is 1.18. The molecule has 0 fully saturated rings. The molecule has 0 aliphatic heterocycles. The van der Waals surface area contributed by atoms with Crippen LogP contribution < -0.4 is 9.80 Å². The van der Waals surface area contributed by atoms with E-state index in [1.807, 2.05) is 0 Å². The average molecular weight is 871 g/mol. The molecule has 2 heteroatoms. The second-order valence-electron chi connectivity index (χ2n) is 19.1. The van der Waals surface area contributed by atoms with E-state index in [9.17, 15) is 0 Å². The summed E-state index contributed by atoms with van der Waals surface area (Å²) >= 11 is 0. The maximum Gasteiger partial charge on any atom is 0.0540 e. The second-order valence-corrected chi connectivity index (χ2v) is 19.1. The number of allylic oxidation sites excluding steroid dienone is 3. The summed E-state index contributed by atoms with van der Waals surface area (Å²) in [4.78, 5) is 4.92. The molecule has 0 heterocycles. The number of fused-ring (bicyclic) bond motifs is 6. The first kappa shape index (κ1) is 40.1. The Bertz CT molecular complexity index is 3800. The summed E-state index contributed by atoms with van der Waals surface area (Å²) in [6, 6.07) is 72.9. The fraction of sp³-hybridized carbons (Fsp3) is 0.0909. The summed E-state index contributed by atoms with van der Waals surface area (Å²) in [6.07, 6.45) is 8.11. The summed E-state index contributed by atoms with van der Waals surface area (Å²) < 4.78 is 0. The lowest BCUT2D eigenvalue weighted by Gasteiger charge is -2.29. The quantitative estimate of drug-likeness (QED) is 0.150. The van der Waals surface area contributed by atoms with Crippen molar-refractivity contribution in [3.05, 3.63) is 235 Å². The van der Waals surface area contributed by atoms with Crippen LogP contribution in [0, 0.1) is 26.7 Å². The van der Waals surface area contributed by atoms with E-state index in [1.165, 1.54) is 126 Å². The highest BCUT2D eigenvalue weighted by Gasteiger charge is 2.30. The zero-order chi connectivity index (χ0) is 45.6. The maximum absolute atomic E-state index is 2.48. The highest BCUT2D eigenvalue weighted by molar-refractivity contribution is 6.47. The van der Waals surface area contributed by atoms with Gasteiger partial charge in [0.25, 0.3) is 0 Å². The average Bonchev–Trinajstić information content (AvgIpc) is 3.89. The molecule has 12 aromatic carbocycles. The van der Waals surface area contributed by atoms with Gasteiger partial charge >= 0.3 is 0 Å². The third-order valence-electron chi connectivity index (χ3n) is 14.6. The van der Waals surface area contributed by atoms with Crippen molar-refractivity contribution in [2.45, 2.75) is 34.1 Å². The Morgan fingerprint density at radius 2 is 0.735 bits per heavy atom. The number of aryl methyl sites for hydroxylation is 3. The van der Waals surface area contributed by atoms with Crippen LogP contribution in [0.2, 0.25) is 0 Å². The van der Waals surface area contributed by atoms with Gasteiger partial charge in [-0.2, -0.15) is 0 Å². The van der Waals surface area contributed by atoms with E-state index in [0.717, 1.165) is 17.8 Å². The monoisotopic (exact) mass is 870 g/mol. The number of benzene rings is 10. The van der Waals surface area contributed by atoms with Gasteiger partial charge in [-0.1, -0.05) is 181 Å². The Hall–Kier alpha value is -8.20. The third-order valence-corrected chi connectivity index (χ3v) is 14.6. The second kappa shape index (κ2) is 15.7. The first-order valence-corrected chi connectivity index (χ1v) is 24.1. The first-order chi connectivity index (χ1) is 33.4. The fourth-order valence-corrected chi connectivity index (χ4v) is 11.4. The summed E-state index contributed by atoms with van der Waals surface area (Å²) in [5.41, 5.74) is 15.8. The van der Waals surface area contributed by atoms with Crippen molar-refractivity contribution in [3.63, 3.8) is 0 Å². The minimum Gasteiger partial charge on any atom is -0.310 e. The molecule has 0 bridgehead atoms. The SMILES string of the molecule is Cc1ccc(N(C2=CCC(C)C=C2)c2ccc3c4c(-c5ccccc5)c5c6ccc(N(c7ccc(C)cc7)c7ccc(C)cc7)c7cccc(c5c(-c5ccccc5)c4c4cccc2c43)c76)cc1. The van der Waals surface area contributed by atoms with Gasteiger partial charge in [-0.3, -0.25) is 0 Å². The number of rotatable bonds is 8. The zero-order valence-electron chi connectivity index (χ0n) is 38.9. The van der Waals surface area contributed by atoms with Crippen LogP contribution in [0.25, 0.3) is 86.9 Å². The van der Waals surface area contributed by atoms with E-state index in [2.05, 4.69) is 250 Å². The van der Waals surface area contributed by atoms with Crippen molar-refractivity contribution < 1.29 is 0 Å².